The molecule has 0 fully saturated rings. The van der Waals surface area contributed by atoms with Crippen molar-refractivity contribution in [3.63, 3.8) is 0 Å². The molecule has 0 amide bonds. The number of hydrogen-bond acceptors (Lipinski definition) is 3. The third kappa shape index (κ3) is 1.23. The number of hydrogen-bond donors (Lipinski definition) is 1. The van der Waals surface area contributed by atoms with Crippen LogP contribution in [-0.2, 0) is 9.53 Å². The molecule has 9 heavy (non-hydrogen) atoms. The smallest absolute Gasteiger partial charge is 0.333 e. The summed E-state index contributed by atoms with van der Waals surface area (Å²) in [5.41, 5.74) is 0. The van der Waals surface area contributed by atoms with Crippen LogP contribution >= 0.6 is 11.6 Å². The van der Waals surface area contributed by atoms with Crippen molar-refractivity contribution in [2.24, 2.45) is 0 Å². The Kier molecular flexibility index (Phi) is 1.47. The van der Waals surface area contributed by atoms with Crippen LogP contribution in [0, 0.1) is 0 Å². The van der Waals surface area contributed by atoms with Gasteiger partial charge in [-0.1, -0.05) is 0 Å². The van der Waals surface area contributed by atoms with Crippen molar-refractivity contribution in [1.29, 1.82) is 0 Å². The molecule has 0 radical (unpaired) electrons. The van der Waals surface area contributed by atoms with Crippen molar-refractivity contribution in [2.45, 2.75) is 5.79 Å². The molecule has 50 valence electrons. The highest BCUT2D eigenvalue weighted by atomic mass is 35.5. The van der Waals surface area contributed by atoms with Crippen molar-refractivity contribution in [1.82, 2.24) is 0 Å². The molecule has 0 spiro atoms. The summed E-state index contributed by atoms with van der Waals surface area (Å²) in [5.74, 6) is -2.24. The number of aliphatic hydroxyl groups is 1. The molecule has 1 atom stereocenters. The number of ether oxygens (including phenoxy) is 1. The molecule has 1 N–H and O–H groups in total. The molecule has 0 aliphatic carbocycles. The minimum absolute atomic E-state index is 0.130. The summed E-state index contributed by atoms with van der Waals surface area (Å²) in [6, 6.07) is 0. The Bertz CT molecular complexity index is 166. The van der Waals surface area contributed by atoms with Crippen molar-refractivity contribution < 1.29 is 14.6 Å². The number of alkyl halides is 1. The Morgan fingerprint density at radius 2 is 2.56 bits per heavy atom. The molecule has 1 unspecified atom stereocenters. The fourth-order valence-electron chi connectivity index (χ4n) is 0.512. The summed E-state index contributed by atoms with van der Waals surface area (Å²) in [5, 5.41) is 9.01. The van der Waals surface area contributed by atoms with Crippen LogP contribution in [0.25, 0.3) is 0 Å². The minimum Gasteiger partial charge on any atom is -0.425 e. The molecule has 0 saturated carbocycles. The van der Waals surface area contributed by atoms with Gasteiger partial charge in [-0.15, -0.1) is 11.6 Å². The molecule has 3 nitrogen and oxygen atoms in total. The second kappa shape index (κ2) is 2.01. The average molecular weight is 149 g/mol. The highest BCUT2D eigenvalue weighted by Crippen LogP contribution is 2.17. The first-order valence-electron chi connectivity index (χ1n) is 2.37. The first kappa shape index (κ1) is 6.58. The van der Waals surface area contributed by atoms with E-state index in [9.17, 15) is 4.79 Å². The summed E-state index contributed by atoms with van der Waals surface area (Å²) in [7, 11) is 0. The second-order valence-corrected chi connectivity index (χ2v) is 2.00. The first-order chi connectivity index (χ1) is 4.16. The molecule has 1 rings (SSSR count). The van der Waals surface area contributed by atoms with Gasteiger partial charge in [0.05, 0.1) is 5.88 Å². The maximum Gasteiger partial charge on any atom is 0.333 e. The normalized spacial score (nSPS) is 32.9. The zero-order valence-corrected chi connectivity index (χ0v) is 5.26. The summed E-state index contributed by atoms with van der Waals surface area (Å²) in [6.45, 7) is 0. The minimum atomic E-state index is -1.56. The lowest BCUT2D eigenvalue weighted by Gasteiger charge is -2.14. The first-order valence-corrected chi connectivity index (χ1v) is 2.90. The molecule has 0 aromatic carbocycles. The zero-order chi connectivity index (χ0) is 6.91. The lowest BCUT2D eigenvalue weighted by atomic mass is 10.3. The summed E-state index contributed by atoms with van der Waals surface area (Å²) in [4.78, 5) is 10.3. The van der Waals surface area contributed by atoms with E-state index in [2.05, 4.69) is 4.74 Å². The molecule has 1 heterocycles. The maximum atomic E-state index is 10.3. The SMILES string of the molecule is O=C1C=CC(O)(CCl)O1. The molecule has 0 bridgehead atoms. The van der Waals surface area contributed by atoms with E-state index in [-0.39, 0.29) is 5.88 Å². The van der Waals surface area contributed by atoms with Gasteiger partial charge in [0.1, 0.15) is 0 Å². The van der Waals surface area contributed by atoms with Crippen LogP contribution in [0.5, 0.6) is 0 Å². The number of cyclic esters (lactones) is 1. The highest BCUT2D eigenvalue weighted by molar-refractivity contribution is 6.18. The van der Waals surface area contributed by atoms with E-state index in [1.54, 1.807) is 0 Å². The van der Waals surface area contributed by atoms with Gasteiger partial charge in [0.15, 0.2) is 0 Å². The molecule has 4 heteroatoms. The molecule has 1 aliphatic rings. The van der Waals surface area contributed by atoms with Gasteiger partial charge in [-0.25, -0.2) is 4.79 Å². The topological polar surface area (TPSA) is 46.5 Å². The maximum absolute atomic E-state index is 10.3. The van der Waals surface area contributed by atoms with Crippen molar-refractivity contribution >= 4 is 17.6 Å². The van der Waals surface area contributed by atoms with Crippen LogP contribution in [0.2, 0.25) is 0 Å². The van der Waals surface area contributed by atoms with Gasteiger partial charge in [0.2, 0.25) is 5.79 Å². The number of carbonyl (C=O) groups excluding carboxylic acids is 1. The quantitative estimate of drug-likeness (QED) is 0.422. The van der Waals surface area contributed by atoms with Gasteiger partial charge in [0, 0.05) is 6.08 Å². The van der Waals surface area contributed by atoms with E-state index >= 15 is 0 Å². The molecule has 1 aliphatic heterocycles. The standard InChI is InChI=1S/C5H5ClO3/c6-3-5(8)2-1-4(7)9-5/h1-2,8H,3H2. The van der Waals surface area contributed by atoms with Gasteiger partial charge in [-0.2, -0.15) is 0 Å². The molecule has 0 saturated heterocycles. The fourth-order valence-corrected chi connectivity index (χ4v) is 0.656. The number of rotatable bonds is 1. The summed E-state index contributed by atoms with van der Waals surface area (Å²) in [6.07, 6.45) is 2.37. The predicted octanol–water partition coefficient (Wildman–Crippen LogP) is 0.0268. The van der Waals surface area contributed by atoms with Crippen LogP contribution in [0.1, 0.15) is 0 Å². The molecular weight excluding hydrogens is 144 g/mol. The van der Waals surface area contributed by atoms with E-state index in [1.807, 2.05) is 0 Å². The van der Waals surface area contributed by atoms with Crippen molar-refractivity contribution in [3.05, 3.63) is 12.2 Å². The Morgan fingerprint density at radius 1 is 1.89 bits per heavy atom. The monoisotopic (exact) mass is 148 g/mol. The lowest BCUT2D eigenvalue weighted by molar-refractivity contribution is -0.171. The Hall–Kier alpha value is -0.540. The Labute approximate surface area is 56.9 Å². The van der Waals surface area contributed by atoms with Gasteiger partial charge < -0.3 is 9.84 Å². The van der Waals surface area contributed by atoms with Gasteiger partial charge in [-0.05, 0) is 6.08 Å². The number of halogens is 1. The molecule has 0 aromatic heterocycles. The second-order valence-electron chi connectivity index (χ2n) is 1.73. The summed E-state index contributed by atoms with van der Waals surface area (Å²) < 4.78 is 4.37. The lowest BCUT2D eigenvalue weighted by Crippen LogP contribution is -2.29. The molecule has 0 aromatic rings. The van der Waals surface area contributed by atoms with E-state index in [0.29, 0.717) is 0 Å². The predicted molar refractivity (Wildman–Crippen MR) is 30.9 cm³/mol. The third-order valence-electron chi connectivity index (χ3n) is 0.949. The van der Waals surface area contributed by atoms with Crippen LogP contribution in [0.15, 0.2) is 12.2 Å². The average Bonchev–Trinajstić information content (AvgIpc) is 2.13. The largest absolute Gasteiger partial charge is 0.425 e. The van der Waals surface area contributed by atoms with E-state index in [4.69, 9.17) is 16.7 Å². The van der Waals surface area contributed by atoms with Crippen LogP contribution < -0.4 is 0 Å². The van der Waals surface area contributed by atoms with Crippen LogP contribution in [-0.4, -0.2) is 22.7 Å². The Morgan fingerprint density at radius 3 is 2.78 bits per heavy atom. The number of esters is 1. The number of carbonyl (C=O) groups is 1. The van der Waals surface area contributed by atoms with E-state index < -0.39 is 11.8 Å². The van der Waals surface area contributed by atoms with E-state index in [0.717, 1.165) is 6.08 Å². The third-order valence-corrected chi connectivity index (χ3v) is 1.33. The van der Waals surface area contributed by atoms with Gasteiger partial charge in [0.25, 0.3) is 0 Å². The van der Waals surface area contributed by atoms with Gasteiger partial charge in [-0.3, -0.25) is 0 Å². The highest BCUT2D eigenvalue weighted by Gasteiger charge is 2.31. The van der Waals surface area contributed by atoms with Crippen LogP contribution in [0.4, 0.5) is 0 Å². The van der Waals surface area contributed by atoms with Gasteiger partial charge >= 0.3 is 5.97 Å². The zero-order valence-electron chi connectivity index (χ0n) is 4.50. The fraction of sp³-hybridized carbons (Fsp3) is 0.400. The molecular formula is C5H5ClO3. The van der Waals surface area contributed by atoms with E-state index in [1.165, 1.54) is 6.08 Å². The summed E-state index contributed by atoms with van der Waals surface area (Å²) >= 11 is 5.24. The van der Waals surface area contributed by atoms with Crippen molar-refractivity contribution in [2.75, 3.05) is 5.88 Å². The Balaban J connectivity index is 2.68. The van der Waals surface area contributed by atoms with Crippen LogP contribution in [0.3, 0.4) is 0 Å². The van der Waals surface area contributed by atoms with Crippen molar-refractivity contribution in [3.8, 4) is 0 Å².